The first-order chi connectivity index (χ1) is 15.4. The molecule has 1 unspecified atom stereocenters. The van der Waals surface area contributed by atoms with Crippen LogP contribution in [-0.4, -0.2) is 30.7 Å². The van der Waals surface area contributed by atoms with Gasteiger partial charge in [-0.1, -0.05) is 78.0 Å². The Bertz CT molecular complexity index is 1150. The third kappa shape index (κ3) is 6.02. The topological polar surface area (TPSA) is 63.7 Å². The average Bonchev–Trinajstić information content (AvgIpc) is 2.80. The fourth-order valence-corrected chi connectivity index (χ4v) is 5.55. The van der Waals surface area contributed by atoms with Crippen LogP contribution >= 0.6 is 11.8 Å². The number of carbonyl (C=O) groups excluding carboxylic acids is 1. The average molecular weight is 468 g/mol. The summed E-state index contributed by atoms with van der Waals surface area (Å²) in [5.41, 5.74) is 1.75. The van der Waals surface area contributed by atoms with E-state index in [2.05, 4.69) is 0 Å². The van der Waals surface area contributed by atoms with E-state index in [1.54, 1.807) is 37.3 Å². The highest BCUT2D eigenvalue weighted by Gasteiger charge is 2.35. The summed E-state index contributed by atoms with van der Waals surface area (Å²) >= 11 is 1.13. The molecule has 7 heteroatoms. The van der Waals surface area contributed by atoms with Gasteiger partial charge < -0.3 is 4.74 Å². The quantitative estimate of drug-likeness (QED) is 0.242. The summed E-state index contributed by atoms with van der Waals surface area (Å²) in [6, 6.07) is 25.1. The smallest absolute Gasteiger partial charge is 0.340 e. The van der Waals surface area contributed by atoms with Crippen molar-refractivity contribution in [2.24, 2.45) is 0 Å². The van der Waals surface area contributed by atoms with Crippen LogP contribution in [0.5, 0.6) is 0 Å². The van der Waals surface area contributed by atoms with Crippen molar-refractivity contribution in [3.8, 4) is 0 Å². The molecule has 0 amide bonds. The maximum absolute atomic E-state index is 13.7. The monoisotopic (exact) mass is 467 g/mol. The summed E-state index contributed by atoms with van der Waals surface area (Å²) in [6.45, 7) is 3.72. The Kier molecular flexibility index (Phi) is 8.14. The van der Waals surface area contributed by atoms with E-state index in [0.29, 0.717) is 0 Å². The number of nitrogens with zero attached hydrogens (tertiary/aromatic N) is 1. The molecule has 0 N–H and O–H groups in total. The van der Waals surface area contributed by atoms with Crippen LogP contribution in [0.15, 0.2) is 101 Å². The summed E-state index contributed by atoms with van der Waals surface area (Å²) in [6.07, 6.45) is 3.10. The van der Waals surface area contributed by atoms with Crippen LogP contribution in [0.3, 0.4) is 0 Å². The number of esters is 1. The number of rotatable bonds is 9. The summed E-state index contributed by atoms with van der Waals surface area (Å²) in [5.74, 6) is -0.630. The van der Waals surface area contributed by atoms with Crippen molar-refractivity contribution >= 4 is 33.8 Å². The van der Waals surface area contributed by atoms with Crippen LogP contribution < -0.4 is 0 Å². The van der Waals surface area contributed by atoms with Crippen molar-refractivity contribution in [2.75, 3.05) is 6.61 Å². The summed E-state index contributed by atoms with van der Waals surface area (Å²) < 4.78 is 33.7. The van der Waals surface area contributed by atoms with Crippen LogP contribution in [0.25, 0.3) is 6.08 Å². The number of benzene rings is 3. The minimum absolute atomic E-state index is 0.101. The molecule has 3 rings (SSSR count). The van der Waals surface area contributed by atoms with Crippen LogP contribution in [0, 0.1) is 6.92 Å². The first-order valence-corrected chi connectivity index (χ1v) is 12.5. The molecule has 0 radical (unpaired) electrons. The Hall–Kier alpha value is -3.03. The maximum atomic E-state index is 13.7. The van der Waals surface area contributed by atoms with Gasteiger partial charge in [0.05, 0.1) is 11.5 Å². The molecule has 0 aliphatic rings. The second-order valence-electron chi connectivity index (χ2n) is 6.91. The fourth-order valence-electron chi connectivity index (χ4n) is 2.89. The molecule has 3 aromatic carbocycles. The summed E-state index contributed by atoms with van der Waals surface area (Å²) in [4.78, 5) is 13.8. The van der Waals surface area contributed by atoms with E-state index in [4.69, 9.17) is 4.74 Å². The normalized spacial score (nSPS) is 12.4. The molecule has 1 atom stereocenters. The SMILES string of the molecule is CCOC(=O)C(Sc1ccccc1)N(/C=C/c1ccccc1)S(=O)(=O)c1ccc(C)cc1. The van der Waals surface area contributed by atoms with E-state index in [1.807, 2.05) is 67.6 Å². The minimum Gasteiger partial charge on any atom is -0.464 e. The Balaban J connectivity index is 2.09. The Morgan fingerprint density at radius 1 is 0.969 bits per heavy atom. The maximum Gasteiger partial charge on any atom is 0.340 e. The van der Waals surface area contributed by atoms with E-state index in [9.17, 15) is 13.2 Å². The van der Waals surface area contributed by atoms with Crippen LogP contribution in [0.4, 0.5) is 0 Å². The van der Waals surface area contributed by atoms with Crippen LogP contribution in [0.2, 0.25) is 0 Å². The van der Waals surface area contributed by atoms with Gasteiger partial charge in [0.2, 0.25) is 0 Å². The highest BCUT2D eigenvalue weighted by Crippen LogP contribution is 2.31. The Labute approximate surface area is 193 Å². The van der Waals surface area contributed by atoms with Gasteiger partial charge >= 0.3 is 5.97 Å². The Morgan fingerprint density at radius 2 is 1.56 bits per heavy atom. The lowest BCUT2D eigenvalue weighted by atomic mass is 10.2. The molecule has 0 aromatic heterocycles. The van der Waals surface area contributed by atoms with Gasteiger partial charge in [-0.15, -0.1) is 0 Å². The highest BCUT2D eigenvalue weighted by atomic mass is 32.2. The van der Waals surface area contributed by atoms with Gasteiger partial charge in [-0.05, 0) is 49.8 Å². The van der Waals surface area contributed by atoms with Crippen molar-refractivity contribution in [3.63, 3.8) is 0 Å². The molecule has 5 nitrogen and oxygen atoms in total. The van der Waals surface area contributed by atoms with Gasteiger partial charge in [-0.2, -0.15) is 0 Å². The second kappa shape index (κ2) is 11.0. The van der Waals surface area contributed by atoms with Crippen molar-refractivity contribution in [3.05, 3.63) is 102 Å². The van der Waals surface area contributed by atoms with Gasteiger partial charge in [0.15, 0.2) is 5.37 Å². The number of hydrogen-bond donors (Lipinski definition) is 0. The van der Waals surface area contributed by atoms with Gasteiger partial charge in [0.1, 0.15) is 0 Å². The van der Waals surface area contributed by atoms with E-state index in [-0.39, 0.29) is 11.5 Å². The Morgan fingerprint density at radius 3 is 2.16 bits per heavy atom. The molecule has 166 valence electrons. The molecule has 0 heterocycles. The zero-order chi connectivity index (χ0) is 23.0. The van der Waals surface area contributed by atoms with E-state index < -0.39 is 21.4 Å². The molecule has 32 heavy (non-hydrogen) atoms. The van der Waals surface area contributed by atoms with Crippen LogP contribution in [0.1, 0.15) is 18.1 Å². The van der Waals surface area contributed by atoms with Crippen molar-refractivity contribution in [1.29, 1.82) is 0 Å². The molecular weight excluding hydrogens is 442 g/mol. The number of thioether (sulfide) groups is 1. The molecule has 0 aliphatic heterocycles. The molecule has 0 saturated heterocycles. The van der Waals surface area contributed by atoms with Crippen molar-refractivity contribution in [1.82, 2.24) is 4.31 Å². The van der Waals surface area contributed by atoms with Crippen molar-refractivity contribution < 1.29 is 17.9 Å². The highest BCUT2D eigenvalue weighted by molar-refractivity contribution is 8.01. The first-order valence-electron chi connectivity index (χ1n) is 10.1. The zero-order valence-electron chi connectivity index (χ0n) is 17.9. The van der Waals surface area contributed by atoms with Gasteiger partial charge in [0.25, 0.3) is 10.0 Å². The van der Waals surface area contributed by atoms with Crippen molar-refractivity contribution in [2.45, 2.75) is 29.0 Å². The molecule has 0 saturated carbocycles. The number of carbonyl (C=O) groups is 1. The molecule has 0 aliphatic carbocycles. The first kappa shape index (κ1) is 23.6. The minimum atomic E-state index is -4.05. The lowest BCUT2D eigenvalue weighted by molar-refractivity contribution is -0.144. The summed E-state index contributed by atoms with van der Waals surface area (Å²) in [7, 11) is -4.05. The van der Waals surface area contributed by atoms with Gasteiger partial charge in [-0.25, -0.2) is 17.5 Å². The van der Waals surface area contributed by atoms with E-state index >= 15 is 0 Å². The lowest BCUT2D eigenvalue weighted by Gasteiger charge is -2.28. The van der Waals surface area contributed by atoms with E-state index in [1.165, 1.54) is 6.20 Å². The standard InChI is InChI=1S/C25H25NO4S2/c1-3-30-25(27)24(31-22-12-8-5-9-13-22)26(19-18-21-10-6-4-7-11-21)32(28,29)23-16-14-20(2)15-17-23/h4-19,24H,3H2,1-2H3/b19-18+. The number of aryl methyl sites for hydroxylation is 1. The molecule has 0 bridgehead atoms. The third-order valence-corrected chi connectivity index (χ3v) is 7.60. The lowest BCUT2D eigenvalue weighted by Crippen LogP contribution is -2.40. The predicted molar refractivity (Wildman–Crippen MR) is 128 cm³/mol. The number of hydrogen-bond acceptors (Lipinski definition) is 5. The molecular formula is C25H25NO4S2. The number of sulfonamides is 1. The number of ether oxygens (including phenoxy) is 1. The summed E-state index contributed by atoms with van der Waals surface area (Å²) in [5, 5.41) is -1.14. The second-order valence-corrected chi connectivity index (χ2v) is 9.91. The third-order valence-electron chi connectivity index (χ3n) is 4.52. The molecule has 0 fully saturated rings. The molecule has 0 spiro atoms. The largest absolute Gasteiger partial charge is 0.464 e. The van der Waals surface area contributed by atoms with Gasteiger partial charge in [-0.3, -0.25) is 0 Å². The zero-order valence-corrected chi connectivity index (χ0v) is 19.6. The molecule has 3 aromatic rings. The fraction of sp³-hybridized carbons (Fsp3) is 0.160. The predicted octanol–water partition coefficient (Wildman–Crippen LogP) is 5.34. The van der Waals surface area contributed by atoms with E-state index in [0.717, 1.165) is 32.1 Å². The van der Waals surface area contributed by atoms with Crippen LogP contribution in [-0.2, 0) is 19.6 Å². The van der Waals surface area contributed by atoms with Gasteiger partial charge in [0, 0.05) is 11.1 Å².